The summed E-state index contributed by atoms with van der Waals surface area (Å²) in [6, 6.07) is 4.55. The fraction of sp³-hybridized carbons (Fsp3) is 0.538. The molecule has 18 heavy (non-hydrogen) atoms. The second-order valence-electron chi connectivity index (χ2n) is 5.16. The van der Waals surface area contributed by atoms with Crippen molar-refractivity contribution in [2.45, 2.75) is 32.2 Å². The minimum Gasteiger partial charge on any atom is -0.366 e. The van der Waals surface area contributed by atoms with Crippen molar-refractivity contribution in [1.82, 2.24) is 19.9 Å². The molecule has 0 aliphatic carbocycles. The van der Waals surface area contributed by atoms with Gasteiger partial charge >= 0.3 is 0 Å². The van der Waals surface area contributed by atoms with Crippen molar-refractivity contribution in [1.29, 1.82) is 0 Å². The summed E-state index contributed by atoms with van der Waals surface area (Å²) in [4.78, 5) is 4.61. The maximum Gasteiger partial charge on any atom is 0.157 e. The van der Waals surface area contributed by atoms with Gasteiger partial charge in [-0.2, -0.15) is 9.61 Å². The van der Waals surface area contributed by atoms with E-state index in [0.717, 1.165) is 36.7 Å². The third kappa shape index (κ3) is 2.06. The molecular weight excluding hydrogens is 226 g/mol. The monoisotopic (exact) mass is 245 g/mol. The van der Waals surface area contributed by atoms with E-state index in [1.807, 2.05) is 10.6 Å². The molecule has 1 fully saturated rings. The average molecular weight is 245 g/mol. The van der Waals surface area contributed by atoms with Gasteiger partial charge in [0.25, 0.3) is 0 Å². The van der Waals surface area contributed by atoms with E-state index < -0.39 is 0 Å². The summed E-state index contributed by atoms with van der Waals surface area (Å²) in [5.74, 6) is 1.47. The summed E-state index contributed by atoms with van der Waals surface area (Å²) in [7, 11) is 0. The fourth-order valence-corrected chi connectivity index (χ4v) is 2.32. The van der Waals surface area contributed by atoms with Gasteiger partial charge in [-0.25, -0.2) is 4.98 Å². The molecule has 1 saturated heterocycles. The lowest BCUT2D eigenvalue weighted by Gasteiger charge is -2.16. The molecule has 0 bridgehead atoms. The number of nitrogens with one attached hydrogen (secondary N) is 2. The molecule has 0 spiro atoms. The van der Waals surface area contributed by atoms with Gasteiger partial charge in [0, 0.05) is 30.4 Å². The molecule has 5 heteroatoms. The second-order valence-corrected chi connectivity index (χ2v) is 5.16. The maximum absolute atomic E-state index is 4.61. The van der Waals surface area contributed by atoms with Gasteiger partial charge in [0.1, 0.15) is 5.82 Å². The van der Waals surface area contributed by atoms with Gasteiger partial charge in [0.15, 0.2) is 5.65 Å². The van der Waals surface area contributed by atoms with Crippen molar-refractivity contribution in [3.8, 4) is 0 Å². The van der Waals surface area contributed by atoms with E-state index in [2.05, 4.69) is 40.6 Å². The standard InChI is InChI=1S/C13H19N5/c1-9(2)11-7-13(16-10-3-5-14-8-10)18-12(17-11)4-6-15-18/h4,6-7,9-10,14,16H,3,5,8H2,1-2H3/t10-/m1/s1. The van der Waals surface area contributed by atoms with Gasteiger partial charge in [0.2, 0.25) is 0 Å². The van der Waals surface area contributed by atoms with Crippen LogP contribution in [0.3, 0.4) is 0 Å². The molecule has 0 unspecified atom stereocenters. The third-order valence-corrected chi connectivity index (χ3v) is 3.38. The predicted molar refractivity (Wildman–Crippen MR) is 72.0 cm³/mol. The Morgan fingerprint density at radius 2 is 2.39 bits per heavy atom. The highest BCUT2D eigenvalue weighted by Gasteiger charge is 2.16. The molecule has 3 heterocycles. The van der Waals surface area contributed by atoms with Gasteiger partial charge in [0.05, 0.1) is 6.20 Å². The first-order chi connectivity index (χ1) is 8.74. The van der Waals surface area contributed by atoms with Crippen LogP contribution in [0.1, 0.15) is 31.9 Å². The van der Waals surface area contributed by atoms with E-state index in [1.54, 1.807) is 6.20 Å². The Balaban J connectivity index is 1.99. The van der Waals surface area contributed by atoms with Crippen LogP contribution in [0.2, 0.25) is 0 Å². The molecule has 1 aliphatic heterocycles. The fourth-order valence-electron chi connectivity index (χ4n) is 2.32. The van der Waals surface area contributed by atoms with Crippen LogP contribution >= 0.6 is 0 Å². The molecule has 0 amide bonds. The van der Waals surface area contributed by atoms with Gasteiger partial charge < -0.3 is 10.6 Å². The van der Waals surface area contributed by atoms with Gasteiger partial charge in [-0.1, -0.05) is 13.8 Å². The third-order valence-electron chi connectivity index (χ3n) is 3.38. The summed E-state index contributed by atoms with van der Waals surface area (Å²) in [5, 5.41) is 11.3. The molecule has 1 atom stereocenters. The topological polar surface area (TPSA) is 54.2 Å². The van der Waals surface area contributed by atoms with Gasteiger partial charge in [-0.3, -0.25) is 0 Å². The quantitative estimate of drug-likeness (QED) is 0.863. The zero-order valence-electron chi connectivity index (χ0n) is 10.8. The lowest BCUT2D eigenvalue weighted by atomic mass is 10.1. The highest BCUT2D eigenvalue weighted by atomic mass is 15.3. The van der Waals surface area contributed by atoms with Crippen molar-refractivity contribution >= 4 is 11.5 Å². The summed E-state index contributed by atoms with van der Waals surface area (Å²) in [6.45, 7) is 6.43. The number of hydrogen-bond acceptors (Lipinski definition) is 4. The van der Waals surface area contributed by atoms with Crippen LogP contribution in [0.4, 0.5) is 5.82 Å². The molecule has 0 saturated carbocycles. The summed E-state index contributed by atoms with van der Waals surface area (Å²) >= 11 is 0. The van der Waals surface area contributed by atoms with Gasteiger partial charge in [-0.05, 0) is 18.9 Å². The lowest BCUT2D eigenvalue weighted by Crippen LogP contribution is -2.24. The molecule has 0 radical (unpaired) electrons. The van der Waals surface area contributed by atoms with Crippen LogP contribution in [-0.2, 0) is 0 Å². The number of rotatable bonds is 3. The van der Waals surface area contributed by atoms with Crippen molar-refractivity contribution in [2.75, 3.05) is 18.4 Å². The Labute approximate surface area is 107 Å². The minimum absolute atomic E-state index is 0.423. The Morgan fingerprint density at radius 3 is 3.11 bits per heavy atom. The molecule has 3 rings (SSSR count). The minimum atomic E-state index is 0.423. The van der Waals surface area contributed by atoms with E-state index >= 15 is 0 Å². The molecule has 96 valence electrons. The molecule has 5 nitrogen and oxygen atoms in total. The van der Waals surface area contributed by atoms with Crippen LogP contribution in [0, 0.1) is 0 Å². The van der Waals surface area contributed by atoms with E-state index in [0.29, 0.717) is 12.0 Å². The van der Waals surface area contributed by atoms with Crippen LogP contribution in [-0.4, -0.2) is 33.7 Å². The molecule has 2 aromatic rings. The normalized spacial score (nSPS) is 19.8. The molecule has 1 aliphatic rings. The zero-order chi connectivity index (χ0) is 12.5. The first kappa shape index (κ1) is 11.5. The number of fused-ring (bicyclic) bond motifs is 1. The van der Waals surface area contributed by atoms with Crippen molar-refractivity contribution in [3.63, 3.8) is 0 Å². The molecule has 2 aromatic heterocycles. The largest absolute Gasteiger partial charge is 0.366 e. The van der Waals surface area contributed by atoms with Crippen LogP contribution in [0.5, 0.6) is 0 Å². The summed E-state index contributed by atoms with van der Waals surface area (Å²) in [5.41, 5.74) is 2.02. The van der Waals surface area contributed by atoms with Crippen LogP contribution < -0.4 is 10.6 Å². The Kier molecular flexibility index (Phi) is 2.91. The zero-order valence-corrected chi connectivity index (χ0v) is 10.8. The first-order valence-corrected chi connectivity index (χ1v) is 6.56. The van der Waals surface area contributed by atoms with E-state index in [1.165, 1.54) is 0 Å². The number of hydrogen-bond donors (Lipinski definition) is 2. The Hall–Kier alpha value is -1.62. The SMILES string of the molecule is CC(C)c1cc(N[C@@H]2CCNC2)n2nccc2n1. The smallest absolute Gasteiger partial charge is 0.157 e. The number of aromatic nitrogens is 3. The molecule has 2 N–H and O–H groups in total. The van der Waals surface area contributed by atoms with Crippen LogP contribution in [0.15, 0.2) is 18.3 Å². The maximum atomic E-state index is 4.61. The highest BCUT2D eigenvalue weighted by molar-refractivity contribution is 5.50. The first-order valence-electron chi connectivity index (χ1n) is 6.56. The van der Waals surface area contributed by atoms with Crippen molar-refractivity contribution < 1.29 is 0 Å². The average Bonchev–Trinajstić information content (AvgIpc) is 2.98. The van der Waals surface area contributed by atoms with Crippen molar-refractivity contribution in [2.24, 2.45) is 0 Å². The van der Waals surface area contributed by atoms with E-state index in [4.69, 9.17) is 0 Å². The summed E-state index contributed by atoms with van der Waals surface area (Å²) < 4.78 is 1.88. The van der Waals surface area contributed by atoms with Crippen molar-refractivity contribution in [3.05, 3.63) is 24.0 Å². The summed E-state index contributed by atoms with van der Waals surface area (Å²) in [6.07, 6.45) is 2.95. The predicted octanol–water partition coefficient (Wildman–Crippen LogP) is 1.63. The lowest BCUT2D eigenvalue weighted by molar-refractivity contribution is 0.763. The van der Waals surface area contributed by atoms with E-state index in [-0.39, 0.29) is 0 Å². The molecular formula is C13H19N5. The Bertz CT molecular complexity index is 539. The molecule has 0 aromatic carbocycles. The highest BCUT2D eigenvalue weighted by Crippen LogP contribution is 2.19. The number of anilines is 1. The van der Waals surface area contributed by atoms with E-state index in [9.17, 15) is 0 Å². The Morgan fingerprint density at radius 1 is 1.50 bits per heavy atom. The van der Waals surface area contributed by atoms with Gasteiger partial charge in [-0.15, -0.1) is 0 Å². The van der Waals surface area contributed by atoms with Crippen LogP contribution in [0.25, 0.3) is 5.65 Å². The number of nitrogens with zero attached hydrogens (tertiary/aromatic N) is 3. The second kappa shape index (κ2) is 4.57.